The van der Waals surface area contributed by atoms with Crippen molar-refractivity contribution in [3.63, 3.8) is 0 Å². The van der Waals surface area contributed by atoms with E-state index in [9.17, 15) is 24.4 Å². The van der Waals surface area contributed by atoms with Gasteiger partial charge in [-0.3, -0.25) is 10.1 Å². The zero-order valence-electron chi connectivity index (χ0n) is 10.8. The second-order valence-electron chi connectivity index (χ2n) is 4.43. The maximum Gasteiger partial charge on any atom is 0.336 e. The topological polar surface area (TPSA) is 93.3 Å². The lowest BCUT2D eigenvalue weighted by Gasteiger charge is -2.06. The van der Waals surface area contributed by atoms with E-state index in [0.717, 1.165) is 11.3 Å². The monoisotopic (exact) mass is 318 g/mol. The minimum atomic E-state index is -1.22. The molecular weight excluding hydrogens is 311 g/mol. The van der Waals surface area contributed by atoms with Gasteiger partial charge in [-0.1, -0.05) is 23.5 Å². The number of thiophene rings is 1. The van der Waals surface area contributed by atoms with Crippen molar-refractivity contribution in [1.29, 1.82) is 0 Å². The molecule has 0 saturated heterocycles. The summed E-state index contributed by atoms with van der Waals surface area (Å²) in [4.78, 5) is 25.7. The number of hydrogen-bond donors (Lipinski definition) is 1. The Morgan fingerprint density at radius 1 is 1.36 bits per heavy atom. The molecule has 2 aromatic heterocycles. The van der Waals surface area contributed by atoms with Crippen molar-refractivity contribution in [1.82, 2.24) is 4.98 Å². The summed E-state index contributed by atoms with van der Waals surface area (Å²) in [6, 6.07) is 6.62. The molecule has 0 aliphatic carbocycles. The number of fused-ring (bicyclic) bond motifs is 1. The molecule has 0 bridgehead atoms. The molecule has 6 nitrogen and oxygen atoms in total. The average molecular weight is 318 g/mol. The third-order valence-electron chi connectivity index (χ3n) is 3.08. The number of nitrogens with zero attached hydrogens (tertiary/aromatic N) is 2. The number of para-hydroxylation sites is 1. The van der Waals surface area contributed by atoms with Gasteiger partial charge >= 0.3 is 11.0 Å². The fourth-order valence-corrected chi connectivity index (χ4v) is 2.81. The molecule has 22 heavy (non-hydrogen) atoms. The highest BCUT2D eigenvalue weighted by Gasteiger charge is 2.17. The van der Waals surface area contributed by atoms with E-state index in [1.54, 1.807) is 0 Å². The molecule has 110 valence electrons. The zero-order valence-corrected chi connectivity index (χ0v) is 11.6. The van der Waals surface area contributed by atoms with Gasteiger partial charge in [0.1, 0.15) is 11.3 Å². The van der Waals surface area contributed by atoms with Crippen LogP contribution in [0.5, 0.6) is 0 Å². The van der Waals surface area contributed by atoms with Crippen LogP contribution < -0.4 is 0 Å². The molecule has 3 aromatic rings. The number of aromatic carboxylic acids is 1. The Morgan fingerprint density at radius 2 is 2.14 bits per heavy atom. The molecule has 0 atom stereocenters. The van der Waals surface area contributed by atoms with E-state index in [2.05, 4.69) is 4.98 Å². The minimum absolute atomic E-state index is 0.0775. The lowest BCUT2D eigenvalue weighted by Crippen LogP contribution is -2.01. The molecular formula is C14H7FN2O4S. The van der Waals surface area contributed by atoms with Crippen LogP contribution >= 0.6 is 11.3 Å². The second kappa shape index (κ2) is 5.15. The highest BCUT2D eigenvalue weighted by atomic mass is 32.1. The standard InChI is InChI=1S/C14H7FN2O4S/c15-10-3-1-2-8-9(14(18)19)5-11(16-13(8)10)7-4-12(17(20)21)22-6-7/h1-6H,(H,18,19). The molecule has 0 amide bonds. The van der Waals surface area contributed by atoms with Gasteiger partial charge in [0.25, 0.3) is 0 Å². The summed E-state index contributed by atoms with van der Waals surface area (Å²) in [5.41, 5.74) is 0.378. The first-order valence-electron chi connectivity index (χ1n) is 6.03. The van der Waals surface area contributed by atoms with Crippen LogP contribution in [0.3, 0.4) is 0 Å². The molecule has 1 aromatic carbocycles. The Bertz CT molecular complexity index is 922. The maximum absolute atomic E-state index is 13.9. The number of rotatable bonds is 3. The number of nitro groups is 1. The number of hydrogen-bond acceptors (Lipinski definition) is 5. The fraction of sp³-hybridized carbons (Fsp3) is 0. The smallest absolute Gasteiger partial charge is 0.336 e. The summed E-state index contributed by atoms with van der Waals surface area (Å²) in [6.45, 7) is 0. The first-order chi connectivity index (χ1) is 10.5. The normalized spacial score (nSPS) is 10.8. The summed E-state index contributed by atoms with van der Waals surface area (Å²) in [7, 11) is 0. The van der Waals surface area contributed by atoms with Gasteiger partial charge in [-0.15, -0.1) is 0 Å². The predicted molar refractivity (Wildman–Crippen MR) is 78.6 cm³/mol. The molecule has 0 unspecified atom stereocenters. The third kappa shape index (κ3) is 2.29. The van der Waals surface area contributed by atoms with E-state index in [0.29, 0.717) is 5.56 Å². The van der Waals surface area contributed by atoms with Crippen molar-refractivity contribution in [3.05, 3.63) is 57.2 Å². The molecule has 0 aliphatic rings. The van der Waals surface area contributed by atoms with E-state index in [-0.39, 0.29) is 27.2 Å². The van der Waals surface area contributed by atoms with Gasteiger partial charge in [0.15, 0.2) is 0 Å². The second-order valence-corrected chi connectivity index (χ2v) is 5.32. The number of pyridine rings is 1. The van der Waals surface area contributed by atoms with Crippen LogP contribution in [0.4, 0.5) is 9.39 Å². The molecule has 8 heteroatoms. The van der Waals surface area contributed by atoms with Gasteiger partial charge in [0.05, 0.1) is 16.2 Å². The van der Waals surface area contributed by atoms with Gasteiger partial charge in [0.2, 0.25) is 0 Å². The summed E-state index contributed by atoms with van der Waals surface area (Å²) in [6.07, 6.45) is 0. The van der Waals surface area contributed by atoms with Crippen molar-refractivity contribution < 1.29 is 19.2 Å². The van der Waals surface area contributed by atoms with Crippen LogP contribution in [0.25, 0.3) is 22.2 Å². The van der Waals surface area contributed by atoms with Crippen molar-refractivity contribution in [3.8, 4) is 11.3 Å². The Kier molecular flexibility index (Phi) is 3.30. The Hall–Kier alpha value is -2.87. The zero-order chi connectivity index (χ0) is 15.9. The van der Waals surface area contributed by atoms with Crippen molar-refractivity contribution in [2.24, 2.45) is 0 Å². The predicted octanol–water partition coefficient (Wildman–Crippen LogP) is 3.71. The number of carboxylic acid groups (broad SMARTS) is 1. The minimum Gasteiger partial charge on any atom is -0.478 e. The van der Waals surface area contributed by atoms with Gasteiger partial charge < -0.3 is 5.11 Å². The molecule has 0 saturated carbocycles. The lowest BCUT2D eigenvalue weighted by atomic mass is 10.1. The summed E-state index contributed by atoms with van der Waals surface area (Å²) in [5, 5.41) is 21.6. The largest absolute Gasteiger partial charge is 0.478 e. The van der Waals surface area contributed by atoms with Crippen molar-refractivity contribution in [2.45, 2.75) is 0 Å². The molecule has 2 heterocycles. The van der Waals surface area contributed by atoms with Crippen LogP contribution in [-0.4, -0.2) is 21.0 Å². The summed E-state index contributed by atoms with van der Waals surface area (Å²) >= 11 is 0.896. The van der Waals surface area contributed by atoms with E-state index < -0.39 is 16.7 Å². The van der Waals surface area contributed by atoms with E-state index in [1.807, 2.05) is 0 Å². The molecule has 0 fully saturated rings. The van der Waals surface area contributed by atoms with Crippen molar-refractivity contribution >= 4 is 33.2 Å². The van der Waals surface area contributed by atoms with E-state index in [4.69, 9.17) is 0 Å². The number of aromatic nitrogens is 1. The lowest BCUT2D eigenvalue weighted by molar-refractivity contribution is -0.380. The number of benzene rings is 1. The number of carbonyl (C=O) groups is 1. The van der Waals surface area contributed by atoms with Gasteiger partial charge in [0, 0.05) is 22.4 Å². The van der Waals surface area contributed by atoms with Crippen LogP contribution in [-0.2, 0) is 0 Å². The molecule has 0 radical (unpaired) electrons. The Balaban J connectivity index is 2.28. The first-order valence-corrected chi connectivity index (χ1v) is 6.91. The van der Waals surface area contributed by atoms with E-state index in [1.165, 1.54) is 35.7 Å². The quantitative estimate of drug-likeness (QED) is 0.587. The van der Waals surface area contributed by atoms with Gasteiger partial charge in [-0.05, 0) is 12.1 Å². The number of carboxylic acids is 1. The third-order valence-corrected chi connectivity index (χ3v) is 3.96. The summed E-state index contributed by atoms with van der Waals surface area (Å²) in [5.74, 6) is -1.87. The highest BCUT2D eigenvalue weighted by molar-refractivity contribution is 7.13. The Labute approximate surface area is 126 Å². The van der Waals surface area contributed by atoms with Crippen molar-refractivity contribution in [2.75, 3.05) is 0 Å². The number of halogens is 1. The Morgan fingerprint density at radius 3 is 2.77 bits per heavy atom. The average Bonchev–Trinajstić information content (AvgIpc) is 2.96. The van der Waals surface area contributed by atoms with Gasteiger partial charge in [-0.2, -0.15) is 0 Å². The maximum atomic E-state index is 13.9. The van der Waals surface area contributed by atoms with Gasteiger partial charge in [-0.25, -0.2) is 14.2 Å². The van der Waals surface area contributed by atoms with Crippen LogP contribution in [0.2, 0.25) is 0 Å². The SMILES string of the molecule is O=C(O)c1cc(-c2csc([N+](=O)[O-])c2)nc2c(F)cccc12. The van der Waals surface area contributed by atoms with E-state index >= 15 is 0 Å². The molecule has 1 N–H and O–H groups in total. The van der Waals surface area contributed by atoms with Crippen LogP contribution in [0.15, 0.2) is 35.7 Å². The molecule has 0 aliphatic heterocycles. The van der Waals surface area contributed by atoms with Crippen LogP contribution in [0, 0.1) is 15.9 Å². The highest BCUT2D eigenvalue weighted by Crippen LogP contribution is 2.32. The molecule has 0 spiro atoms. The fourth-order valence-electron chi connectivity index (χ4n) is 2.09. The van der Waals surface area contributed by atoms with Crippen LogP contribution in [0.1, 0.15) is 10.4 Å². The first kappa shape index (κ1) is 14.1. The summed E-state index contributed by atoms with van der Waals surface area (Å²) < 4.78 is 13.9. The molecule has 3 rings (SSSR count).